The molecule has 26 aromatic rings. The molecule has 6 aromatic heterocycles. The van der Waals surface area contributed by atoms with Gasteiger partial charge in [-0.1, -0.05) is 376 Å². The van der Waals surface area contributed by atoms with Gasteiger partial charge in [0, 0.05) is 88.2 Å². The van der Waals surface area contributed by atoms with Gasteiger partial charge in [0.05, 0.1) is 33.1 Å². The molecule has 0 bridgehead atoms. The van der Waals surface area contributed by atoms with E-state index in [1.807, 2.05) is 182 Å². The second kappa shape index (κ2) is 31.2. The highest BCUT2D eigenvalue weighted by atomic mass is 15.2. The van der Waals surface area contributed by atoms with Crippen LogP contribution >= 0.6 is 0 Å². The first-order valence-electron chi connectivity index (χ1n) is 45.6. The summed E-state index contributed by atoms with van der Waals surface area (Å²) in [6.07, 6.45) is 0. The normalized spacial score (nSPS) is 11.9. The van der Waals surface area contributed by atoms with E-state index in [-0.39, 0.29) is 0 Å². The molecule has 626 valence electrons. The monoisotopic (exact) mass is 1720 g/mol. The molecular weight excluding hydrogens is 1650 g/mol. The van der Waals surface area contributed by atoms with Gasteiger partial charge in [0.25, 0.3) is 0 Å². The zero-order valence-corrected chi connectivity index (χ0v) is 72.6. The van der Waals surface area contributed by atoms with Crippen molar-refractivity contribution in [3.8, 4) is 175 Å². The second-order valence-electron chi connectivity index (χ2n) is 34.5. The number of hydrogen-bond acceptors (Lipinski definition) is 9. The fraction of sp³-hybridized carbons (Fsp3) is 0. The van der Waals surface area contributed by atoms with Crippen LogP contribution in [0.3, 0.4) is 0 Å². The van der Waals surface area contributed by atoms with Gasteiger partial charge >= 0.3 is 0 Å². The van der Waals surface area contributed by atoms with E-state index in [1.165, 1.54) is 153 Å². The summed E-state index contributed by atoms with van der Waals surface area (Å²) in [5, 5.41) is 15.3. The number of aromatic nitrogens is 12. The molecule has 135 heavy (non-hydrogen) atoms. The third-order valence-electron chi connectivity index (χ3n) is 26.9. The van der Waals surface area contributed by atoms with Crippen molar-refractivity contribution in [3.63, 3.8) is 0 Å². The van der Waals surface area contributed by atoms with Crippen molar-refractivity contribution in [2.75, 3.05) is 0 Å². The van der Waals surface area contributed by atoms with Crippen molar-refractivity contribution >= 4 is 97.7 Å². The van der Waals surface area contributed by atoms with Crippen molar-refractivity contribution in [1.29, 1.82) is 0 Å². The predicted octanol–water partition coefficient (Wildman–Crippen LogP) is 30.6. The average Bonchev–Trinajstić information content (AvgIpc) is 1.55. The highest BCUT2D eigenvalue weighted by molar-refractivity contribution is 6.33. The van der Waals surface area contributed by atoms with Crippen molar-refractivity contribution in [3.05, 3.63) is 449 Å². The van der Waals surface area contributed by atoms with Crippen LogP contribution < -0.4 is 0 Å². The Balaban J connectivity index is 0.000000103. The van der Waals surface area contributed by atoms with E-state index in [9.17, 15) is 0 Å². The number of hydrogen-bond donors (Lipinski definition) is 0. The summed E-state index contributed by atoms with van der Waals surface area (Å²) in [6.45, 7) is 0. The first-order valence-corrected chi connectivity index (χ1v) is 45.6. The minimum atomic E-state index is 0.612. The van der Waals surface area contributed by atoms with Gasteiger partial charge in [-0.2, -0.15) is 9.97 Å². The molecule has 0 atom stereocenters. The van der Waals surface area contributed by atoms with Crippen molar-refractivity contribution in [2.45, 2.75) is 0 Å². The SMILES string of the molecule is c1ccc(-c2nc(-c3ccccc3)nc(-c3ccc(-n4c5cccc6c5c5c7c(cccc7ccc54)-c4ccccc4-6)cc3)n2)cc1.c1ccc(-c2nc(-c3ccccc3)nc(-c3cccc(-n4c5cccc6c5c5c7c(cccc7ccc54)-c4ccccc4-6)c3)n2)cc1.c1ccc(-c2nc(-c3ccccc3)nc(-n3c4cccc5c4c4c6c(cccc6ccc43)-c3ccccc3-5)n2)cc1. The zero-order chi connectivity index (χ0) is 88.7. The van der Waals surface area contributed by atoms with Gasteiger partial charge in [-0.25, -0.2) is 34.9 Å². The van der Waals surface area contributed by atoms with Gasteiger partial charge in [0.2, 0.25) is 5.95 Å². The van der Waals surface area contributed by atoms with Crippen molar-refractivity contribution in [1.82, 2.24) is 58.6 Å². The Morgan fingerprint density at radius 1 is 0.126 bits per heavy atom. The Kier molecular flexibility index (Phi) is 17.7. The standard InChI is InChI=1S/2C43H26N4.C37H22N4/c1-3-12-28(13-4-1)41-44-42(29-14-5-2-6-15-29)46-43(45-41)30-17-9-18-31(26-30)47-36-23-11-22-35-33-20-8-7-19-32(33)34-21-10-16-27-24-25-37(47)40(38(27)34)39(35)36;1-3-11-28(12-4-1)41-44-42(29-13-5-2-6-14-29)46-43(45-41)30-21-24-31(25-22-30)47-36-20-10-19-35-33-17-8-7-16-32(33)34-18-9-15-27-23-26-37(47)40(38(27)34)39(35)36;1-3-11-24(12-4-1)35-38-36(25-13-5-2-6-14-25)40-37(39-35)41-30-20-10-19-29-27-17-8-7-16-26(27)28-18-9-15-23-21-22-31(41)34(32(23)28)33(29)30/h2*1-26H;1-22H. The highest BCUT2D eigenvalue weighted by Gasteiger charge is 2.31. The predicted molar refractivity (Wildman–Crippen MR) is 552 cm³/mol. The minimum Gasteiger partial charge on any atom is -0.309 e. The lowest BCUT2D eigenvalue weighted by atomic mass is 9.93. The van der Waals surface area contributed by atoms with E-state index in [4.69, 9.17) is 44.9 Å². The van der Waals surface area contributed by atoms with Gasteiger partial charge < -0.3 is 9.13 Å². The molecule has 12 heteroatoms. The van der Waals surface area contributed by atoms with Crippen LogP contribution in [-0.4, -0.2) is 58.6 Å². The Labute approximate surface area is 775 Å². The molecule has 0 radical (unpaired) electrons. The first kappa shape index (κ1) is 76.6. The van der Waals surface area contributed by atoms with Crippen LogP contribution in [0.1, 0.15) is 0 Å². The second-order valence-corrected chi connectivity index (χ2v) is 34.5. The quantitative estimate of drug-likeness (QED) is 0.124. The summed E-state index contributed by atoms with van der Waals surface area (Å²) >= 11 is 0. The fourth-order valence-corrected chi connectivity index (χ4v) is 21.1. The van der Waals surface area contributed by atoms with Gasteiger partial charge in [0.1, 0.15) is 0 Å². The third-order valence-corrected chi connectivity index (χ3v) is 26.9. The molecular formula is C123H74N12. The summed E-state index contributed by atoms with van der Waals surface area (Å²) in [5.74, 6) is 5.83. The van der Waals surface area contributed by atoms with E-state index in [0.717, 1.165) is 66.9 Å². The molecule has 0 spiro atoms. The third kappa shape index (κ3) is 12.5. The van der Waals surface area contributed by atoms with Gasteiger partial charge in [-0.3, -0.25) is 4.57 Å². The molecule has 29 rings (SSSR count). The molecule has 3 aliphatic rings. The lowest BCUT2D eigenvalue weighted by Crippen LogP contribution is -2.06. The lowest BCUT2D eigenvalue weighted by Gasteiger charge is -2.14. The van der Waals surface area contributed by atoms with Crippen LogP contribution in [-0.2, 0) is 0 Å². The fourth-order valence-electron chi connectivity index (χ4n) is 21.1. The van der Waals surface area contributed by atoms with Crippen molar-refractivity contribution < 1.29 is 0 Å². The van der Waals surface area contributed by atoms with Crippen LogP contribution in [0.4, 0.5) is 0 Å². The van der Waals surface area contributed by atoms with E-state index < -0.39 is 0 Å². The van der Waals surface area contributed by atoms with E-state index in [1.54, 1.807) is 0 Å². The van der Waals surface area contributed by atoms with Gasteiger partial charge in [-0.15, -0.1) is 0 Å². The van der Waals surface area contributed by atoms with E-state index >= 15 is 0 Å². The molecule has 20 aromatic carbocycles. The number of benzene rings is 20. The lowest BCUT2D eigenvalue weighted by molar-refractivity contribution is 0.953. The van der Waals surface area contributed by atoms with E-state index in [0.29, 0.717) is 52.5 Å². The molecule has 0 N–H and O–H groups in total. The molecule has 0 saturated carbocycles. The molecule has 12 nitrogen and oxygen atoms in total. The number of nitrogens with zero attached hydrogens (tertiary/aromatic N) is 12. The summed E-state index contributed by atoms with van der Waals surface area (Å²) in [4.78, 5) is 44.8. The number of rotatable bonds is 11. The Morgan fingerprint density at radius 3 is 0.667 bits per heavy atom. The van der Waals surface area contributed by atoms with Gasteiger partial charge in [0.15, 0.2) is 46.6 Å². The zero-order valence-electron chi connectivity index (χ0n) is 72.6. The number of fused-ring (bicyclic) bond motifs is 9. The van der Waals surface area contributed by atoms with Crippen molar-refractivity contribution in [2.24, 2.45) is 0 Å². The topological polar surface area (TPSA) is 131 Å². The minimum absolute atomic E-state index is 0.612. The molecule has 0 unspecified atom stereocenters. The van der Waals surface area contributed by atoms with Crippen LogP contribution in [0.2, 0.25) is 0 Å². The maximum absolute atomic E-state index is 5.11. The summed E-state index contributed by atoms with van der Waals surface area (Å²) < 4.78 is 7.03. The highest BCUT2D eigenvalue weighted by Crippen LogP contribution is 2.54. The Morgan fingerprint density at radius 2 is 0.348 bits per heavy atom. The average molecular weight is 1720 g/mol. The summed E-state index contributed by atoms with van der Waals surface area (Å²) in [7, 11) is 0. The van der Waals surface area contributed by atoms with E-state index in [2.05, 4.69) is 281 Å². The molecule has 0 fully saturated rings. The Bertz CT molecular complexity index is 9170. The largest absolute Gasteiger partial charge is 0.309 e. The first-order chi connectivity index (χ1) is 67.0. The van der Waals surface area contributed by atoms with Crippen LogP contribution in [0, 0.1) is 0 Å². The molecule has 6 heterocycles. The molecule has 3 aliphatic carbocycles. The maximum Gasteiger partial charge on any atom is 0.238 e. The van der Waals surface area contributed by atoms with Crippen LogP contribution in [0.15, 0.2) is 449 Å². The van der Waals surface area contributed by atoms with Crippen LogP contribution in [0.5, 0.6) is 0 Å². The molecule has 0 amide bonds. The summed E-state index contributed by atoms with van der Waals surface area (Å²) in [6, 6.07) is 158. The summed E-state index contributed by atoms with van der Waals surface area (Å²) in [5.41, 5.74) is 31.9. The molecule has 0 aliphatic heterocycles. The molecule has 0 saturated heterocycles. The smallest absolute Gasteiger partial charge is 0.238 e. The van der Waals surface area contributed by atoms with Crippen LogP contribution in [0.25, 0.3) is 273 Å². The Hall–Kier alpha value is -18.4. The van der Waals surface area contributed by atoms with Gasteiger partial charge in [-0.05, 0) is 172 Å². The maximum atomic E-state index is 5.11.